The fourth-order valence-corrected chi connectivity index (χ4v) is 2.51. The Hall–Kier alpha value is -2.02. The number of likely N-dealkylation sites (tertiary alicyclic amines) is 1. The number of nitrogens with one attached hydrogen (secondary N) is 1. The van der Waals surface area contributed by atoms with E-state index in [0.717, 1.165) is 10.4 Å². The number of imide groups is 1. The summed E-state index contributed by atoms with van der Waals surface area (Å²) >= 11 is 5.21. The quantitative estimate of drug-likeness (QED) is 0.615. The summed E-state index contributed by atoms with van der Waals surface area (Å²) in [7, 11) is 1.48. The Labute approximate surface area is 107 Å². The lowest BCUT2D eigenvalue weighted by molar-refractivity contribution is -0.137. The van der Waals surface area contributed by atoms with Gasteiger partial charge in [-0.05, 0) is 24.4 Å². The van der Waals surface area contributed by atoms with Crippen molar-refractivity contribution in [3.63, 3.8) is 0 Å². The maximum Gasteiger partial charge on any atom is 0.252 e. The average molecular weight is 262 g/mol. The van der Waals surface area contributed by atoms with Crippen molar-refractivity contribution in [3.05, 3.63) is 23.1 Å². The number of fused-ring (bicyclic) bond motifs is 1. The minimum Gasteiger partial charge on any atom is -0.329 e. The Kier molecular flexibility index (Phi) is 2.30. The third kappa shape index (κ3) is 1.40. The lowest BCUT2D eigenvalue weighted by atomic mass is 10.2. The predicted octanol–water partition coefficient (Wildman–Crippen LogP) is 1.02. The molecule has 1 aliphatic rings. The zero-order chi connectivity index (χ0) is 12.9. The van der Waals surface area contributed by atoms with E-state index in [4.69, 9.17) is 12.2 Å². The highest BCUT2D eigenvalue weighted by molar-refractivity contribution is 7.71. The molecule has 0 saturated carbocycles. The summed E-state index contributed by atoms with van der Waals surface area (Å²) in [4.78, 5) is 31.9. The molecule has 1 atom stereocenters. The van der Waals surface area contributed by atoms with Crippen LogP contribution in [0.1, 0.15) is 12.5 Å². The number of carbonyl (C=O) groups excluding carboxylic acids is 2. The highest BCUT2D eigenvalue weighted by Crippen LogP contribution is 2.26. The minimum absolute atomic E-state index is 0.132. The molecule has 1 aliphatic heterocycles. The molecule has 1 fully saturated rings. The van der Waals surface area contributed by atoms with Gasteiger partial charge < -0.3 is 4.98 Å². The molecule has 1 unspecified atom stereocenters. The van der Waals surface area contributed by atoms with Gasteiger partial charge in [0, 0.05) is 13.2 Å². The fraction of sp³-hybridized carbons (Fsp3) is 0.273. The molecule has 2 aromatic rings. The number of likely N-dealkylation sites (N-methyl/N-ethyl adjacent to an activating group) is 1. The normalized spacial score (nSPS) is 20.1. The van der Waals surface area contributed by atoms with E-state index >= 15 is 0 Å². The molecule has 18 heavy (non-hydrogen) atoms. The second-order valence-electron chi connectivity index (χ2n) is 4.19. The Morgan fingerprint density at radius 1 is 1.50 bits per heavy atom. The van der Waals surface area contributed by atoms with Crippen LogP contribution in [-0.2, 0) is 9.59 Å². The summed E-state index contributed by atoms with van der Waals surface area (Å²) in [6, 6.07) is 3.03. The van der Waals surface area contributed by atoms with Gasteiger partial charge in [0.1, 0.15) is 6.04 Å². The van der Waals surface area contributed by atoms with Gasteiger partial charge in [0.25, 0.3) is 5.91 Å². The third-order valence-electron chi connectivity index (χ3n) is 3.14. The summed E-state index contributed by atoms with van der Waals surface area (Å²) in [6.07, 6.45) is 1.76. The van der Waals surface area contributed by atoms with Crippen LogP contribution in [0, 0.1) is 4.77 Å². The fourth-order valence-electron chi connectivity index (χ4n) is 2.19. The summed E-state index contributed by atoms with van der Waals surface area (Å²) in [5.74, 6) is -0.445. The molecular formula is C11H10N4O2S. The first-order chi connectivity index (χ1) is 8.59. The Morgan fingerprint density at radius 2 is 2.28 bits per heavy atom. The number of amides is 2. The molecule has 1 saturated heterocycles. The van der Waals surface area contributed by atoms with Gasteiger partial charge in [0.2, 0.25) is 5.91 Å². The van der Waals surface area contributed by atoms with Crippen molar-refractivity contribution in [3.8, 4) is 0 Å². The van der Waals surface area contributed by atoms with E-state index in [2.05, 4.69) is 9.97 Å². The second-order valence-corrected chi connectivity index (χ2v) is 4.57. The van der Waals surface area contributed by atoms with Crippen molar-refractivity contribution in [2.45, 2.75) is 12.5 Å². The summed E-state index contributed by atoms with van der Waals surface area (Å²) < 4.78 is 2.03. The van der Waals surface area contributed by atoms with Crippen molar-refractivity contribution < 1.29 is 9.59 Å². The van der Waals surface area contributed by atoms with Gasteiger partial charge in [-0.3, -0.25) is 19.1 Å². The molecule has 0 radical (unpaired) electrons. The van der Waals surface area contributed by atoms with Gasteiger partial charge in [0.15, 0.2) is 10.4 Å². The lowest BCUT2D eigenvalue weighted by Gasteiger charge is -2.10. The number of H-pyrrole nitrogens is 1. The molecule has 3 heterocycles. The number of hydrogen-bond acceptors (Lipinski definition) is 4. The number of hydrogen-bond donors (Lipinski definition) is 1. The molecule has 0 aliphatic carbocycles. The zero-order valence-electron chi connectivity index (χ0n) is 9.58. The van der Waals surface area contributed by atoms with Crippen molar-refractivity contribution in [1.82, 2.24) is 19.4 Å². The highest BCUT2D eigenvalue weighted by Gasteiger charge is 2.38. The molecule has 6 nitrogen and oxygen atoms in total. The monoisotopic (exact) mass is 262 g/mol. The summed E-state index contributed by atoms with van der Waals surface area (Å²) in [5, 5.41) is 0. The van der Waals surface area contributed by atoms with E-state index in [-0.39, 0.29) is 18.2 Å². The maximum absolute atomic E-state index is 12.0. The molecule has 0 spiro atoms. The first kappa shape index (κ1) is 11.1. The predicted molar refractivity (Wildman–Crippen MR) is 66.3 cm³/mol. The molecule has 3 rings (SSSR count). The van der Waals surface area contributed by atoms with E-state index in [0.29, 0.717) is 10.4 Å². The lowest BCUT2D eigenvalue weighted by Crippen LogP contribution is -2.27. The van der Waals surface area contributed by atoms with Gasteiger partial charge in [-0.1, -0.05) is 0 Å². The molecular weight excluding hydrogens is 252 g/mol. The summed E-state index contributed by atoms with van der Waals surface area (Å²) in [6.45, 7) is 0. The molecule has 1 N–H and O–H groups in total. The number of carbonyl (C=O) groups is 2. The van der Waals surface area contributed by atoms with E-state index in [1.165, 1.54) is 7.05 Å². The molecule has 2 aromatic heterocycles. The molecule has 92 valence electrons. The second kappa shape index (κ2) is 3.74. The van der Waals surface area contributed by atoms with Crippen LogP contribution in [-0.4, -0.2) is 38.3 Å². The van der Waals surface area contributed by atoms with Crippen LogP contribution in [0.15, 0.2) is 18.3 Å². The third-order valence-corrected chi connectivity index (χ3v) is 3.44. The maximum atomic E-state index is 12.0. The van der Waals surface area contributed by atoms with Gasteiger partial charge in [-0.25, -0.2) is 4.98 Å². The molecule has 7 heteroatoms. The molecule has 0 bridgehead atoms. The molecule has 2 amide bonds. The Balaban J connectivity index is 2.21. The van der Waals surface area contributed by atoms with Crippen molar-refractivity contribution in [1.29, 1.82) is 0 Å². The van der Waals surface area contributed by atoms with Crippen LogP contribution in [0.3, 0.4) is 0 Å². The SMILES string of the molecule is CN1C(=O)CC(n2c(=S)[nH]c3cccnc32)C1=O. The topological polar surface area (TPSA) is 71.0 Å². The largest absolute Gasteiger partial charge is 0.329 e. The Morgan fingerprint density at radius 3 is 2.94 bits per heavy atom. The van der Waals surface area contributed by atoms with Gasteiger partial charge >= 0.3 is 0 Å². The van der Waals surface area contributed by atoms with Gasteiger partial charge in [0.05, 0.1) is 11.9 Å². The zero-order valence-corrected chi connectivity index (χ0v) is 10.4. The number of aromatic nitrogens is 3. The number of nitrogens with zero attached hydrogens (tertiary/aromatic N) is 3. The Bertz CT molecular complexity index is 717. The highest BCUT2D eigenvalue weighted by atomic mass is 32.1. The van der Waals surface area contributed by atoms with Crippen LogP contribution in [0.2, 0.25) is 0 Å². The first-order valence-electron chi connectivity index (χ1n) is 5.45. The van der Waals surface area contributed by atoms with Crippen LogP contribution in [0.4, 0.5) is 0 Å². The number of rotatable bonds is 1. The van der Waals surface area contributed by atoms with E-state index in [1.807, 2.05) is 6.07 Å². The number of pyridine rings is 1. The van der Waals surface area contributed by atoms with E-state index in [9.17, 15) is 9.59 Å². The molecule has 0 aromatic carbocycles. The van der Waals surface area contributed by atoms with Crippen LogP contribution in [0.25, 0.3) is 11.2 Å². The van der Waals surface area contributed by atoms with Crippen molar-refractivity contribution in [2.75, 3.05) is 7.05 Å². The number of aromatic amines is 1. The number of imidazole rings is 1. The van der Waals surface area contributed by atoms with Crippen LogP contribution in [0.5, 0.6) is 0 Å². The van der Waals surface area contributed by atoms with Crippen LogP contribution < -0.4 is 0 Å². The van der Waals surface area contributed by atoms with E-state index < -0.39 is 6.04 Å². The van der Waals surface area contributed by atoms with Crippen molar-refractivity contribution in [2.24, 2.45) is 0 Å². The summed E-state index contributed by atoms with van der Waals surface area (Å²) in [5.41, 5.74) is 1.36. The smallest absolute Gasteiger partial charge is 0.252 e. The first-order valence-corrected chi connectivity index (χ1v) is 5.86. The average Bonchev–Trinajstić information content (AvgIpc) is 2.80. The van der Waals surface area contributed by atoms with Gasteiger partial charge in [-0.2, -0.15) is 0 Å². The van der Waals surface area contributed by atoms with Crippen molar-refractivity contribution >= 4 is 35.2 Å². The van der Waals surface area contributed by atoms with Crippen LogP contribution >= 0.6 is 12.2 Å². The van der Waals surface area contributed by atoms with Gasteiger partial charge in [-0.15, -0.1) is 0 Å². The minimum atomic E-state index is -0.585. The standard InChI is InChI=1S/C11H10N4O2S/c1-14-8(16)5-7(10(14)17)15-9-6(13-11(15)18)3-2-4-12-9/h2-4,7H,5H2,1H3,(H,13,18). The van der Waals surface area contributed by atoms with E-state index in [1.54, 1.807) is 16.8 Å².